The second-order valence-electron chi connectivity index (χ2n) is 6.08. The van der Waals surface area contributed by atoms with Crippen molar-refractivity contribution in [1.29, 1.82) is 0 Å². The molecule has 104 valence electrons. The monoisotopic (exact) mass is 279 g/mol. The average Bonchev–Trinajstić information content (AvgIpc) is 2.37. The van der Waals surface area contributed by atoms with Crippen molar-refractivity contribution in [2.24, 2.45) is 5.41 Å². The van der Waals surface area contributed by atoms with Crippen LogP contribution < -0.4 is 4.90 Å². The van der Waals surface area contributed by atoms with E-state index in [1.165, 1.54) is 5.57 Å². The Kier molecular flexibility index (Phi) is 4.22. The van der Waals surface area contributed by atoms with Crippen LogP contribution in [0.15, 0.2) is 29.8 Å². The fourth-order valence-corrected chi connectivity index (χ4v) is 2.91. The van der Waals surface area contributed by atoms with Gasteiger partial charge in [-0.05, 0) is 17.9 Å². The number of nitrogens with zero attached hydrogens (tertiary/aromatic N) is 1. The highest BCUT2D eigenvalue weighted by Gasteiger charge is 2.23. The number of aliphatic hydroxyl groups excluding tert-OH is 1. The van der Waals surface area contributed by atoms with Gasteiger partial charge in [-0.25, -0.2) is 0 Å². The minimum Gasteiger partial charge on any atom is -0.392 e. The number of aliphatic hydroxyl groups is 1. The third-order valence-corrected chi connectivity index (χ3v) is 4.03. The van der Waals surface area contributed by atoms with Crippen LogP contribution in [-0.2, 0) is 6.61 Å². The van der Waals surface area contributed by atoms with Gasteiger partial charge < -0.3 is 10.0 Å². The molecule has 2 nitrogen and oxygen atoms in total. The molecule has 0 fully saturated rings. The molecule has 19 heavy (non-hydrogen) atoms. The largest absolute Gasteiger partial charge is 0.392 e. The Labute approximate surface area is 120 Å². The van der Waals surface area contributed by atoms with E-state index in [0.717, 1.165) is 35.8 Å². The first kappa shape index (κ1) is 14.4. The van der Waals surface area contributed by atoms with E-state index in [9.17, 15) is 5.11 Å². The van der Waals surface area contributed by atoms with Crippen molar-refractivity contribution in [3.63, 3.8) is 0 Å². The van der Waals surface area contributed by atoms with Gasteiger partial charge in [-0.15, -0.1) is 0 Å². The Bertz CT molecular complexity index is 488. The molecule has 1 N–H and O–H groups in total. The lowest BCUT2D eigenvalue weighted by molar-refractivity contribution is 0.282. The predicted molar refractivity (Wildman–Crippen MR) is 81.7 cm³/mol. The van der Waals surface area contributed by atoms with Crippen LogP contribution >= 0.6 is 11.6 Å². The first-order valence-electron chi connectivity index (χ1n) is 6.76. The third kappa shape index (κ3) is 3.13. The van der Waals surface area contributed by atoms with E-state index in [4.69, 9.17) is 11.6 Å². The molecule has 0 spiro atoms. The Morgan fingerprint density at radius 2 is 2.05 bits per heavy atom. The molecule has 1 aliphatic heterocycles. The summed E-state index contributed by atoms with van der Waals surface area (Å²) >= 11 is 6.29. The third-order valence-electron chi connectivity index (χ3n) is 3.73. The average molecular weight is 280 g/mol. The van der Waals surface area contributed by atoms with Crippen molar-refractivity contribution in [3.8, 4) is 0 Å². The van der Waals surface area contributed by atoms with Gasteiger partial charge in [0.15, 0.2) is 0 Å². The van der Waals surface area contributed by atoms with Gasteiger partial charge in [0.2, 0.25) is 0 Å². The van der Waals surface area contributed by atoms with Crippen LogP contribution in [0, 0.1) is 5.41 Å². The van der Waals surface area contributed by atoms with Crippen molar-refractivity contribution in [2.75, 3.05) is 18.0 Å². The lowest BCUT2D eigenvalue weighted by atomic mass is 9.83. The van der Waals surface area contributed by atoms with Gasteiger partial charge in [0.1, 0.15) is 0 Å². The molecule has 0 radical (unpaired) electrons. The fraction of sp³-hybridized carbons (Fsp3) is 0.500. The highest BCUT2D eigenvalue weighted by atomic mass is 35.5. The maximum absolute atomic E-state index is 9.45. The van der Waals surface area contributed by atoms with Crippen LogP contribution in [0.3, 0.4) is 0 Å². The van der Waals surface area contributed by atoms with Gasteiger partial charge in [-0.1, -0.05) is 56.2 Å². The van der Waals surface area contributed by atoms with E-state index >= 15 is 0 Å². The number of halogens is 1. The van der Waals surface area contributed by atoms with Gasteiger partial charge in [-0.2, -0.15) is 0 Å². The topological polar surface area (TPSA) is 23.5 Å². The van der Waals surface area contributed by atoms with E-state index in [2.05, 4.69) is 31.7 Å². The number of benzene rings is 1. The molecule has 1 heterocycles. The van der Waals surface area contributed by atoms with Crippen molar-refractivity contribution < 1.29 is 5.11 Å². The summed E-state index contributed by atoms with van der Waals surface area (Å²) in [7, 11) is 0. The van der Waals surface area contributed by atoms with Crippen molar-refractivity contribution in [2.45, 2.75) is 33.8 Å². The van der Waals surface area contributed by atoms with Crippen LogP contribution in [0.5, 0.6) is 0 Å². The molecule has 0 unspecified atom stereocenters. The summed E-state index contributed by atoms with van der Waals surface area (Å²) < 4.78 is 0. The van der Waals surface area contributed by atoms with Crippen molar-refractivity contribution in [3.05, 3.63) is 40.4 Å². The van der Waals surface area contributed by atoms with Crippen LogP contribution in [0.2, 0.25) is 5.02 Å². The zero-order valence-electron chi connectivity index (χ0n) is 11.9. The van der Waals surface area contributed by atoms with E-state index in [1.807, 2.05) is 18.2 Å². The molecule has 0 bridgehead atoms. The highest BCUT2D eigenvalue weighted by molar-refractivity contribution is 6.33. The first-order valence-corrected chi connectivity index (χ1v) is 7.14. The first-order chi connectivity index (χ1) is 8.93. The quantitative estimate of drug-likeness (QED) is 0.827. The predicted octanol–water partition coefficient (Wildman–Crippen LogP) is 4.01. The lowest BCUT2D eigenvalue weighted by Gasteiger charge is -2.34. The molecular formula is C16H22ClNO. The summed E-state index contributed by atoms with van der Waals surface area (Å²) in [5.74, 6) is 0. The van der Waals surface area contributed by atoms with Crippen molar-refractivity contribution in [1.82, 2.24) is 0 Å². The second-order valence-corrected chi connectivity index (χ2v) is 6.49. The molecule has 3 heteroatoms. The molecule has 1 aliphatic rings. The van der Waals surface area contributed by atoms with Gasteiger partial charge in [0.05, 0.1) is 17.3 Å². The van der Waals surface area contributed by atoms with Crippen LogP contribution in [0.1, 0.15) is 32.8 Å². The Balaban J connectivity index is 2.25. The summed E-state index contributed by atoms with van der Waals surface area (Å²) in [5.41, 5.74) is 3.63. The van der Waals surface area contributed by atoms with E-state index in [0.29, 0.717) is 0 Å². The minimum absolute atomic E-state index is 0.0300. The van der Waals surface area contributed by atoms with Gasteiger partial charge in [0.25, 0.3) is 0 Å². The Hall–Kier alpha value is -0.990. The molecule has 1 aromatic carbocycles. The molecule has 0 saturated carbocycles. The summed E-state index contributed by atoms with van der Waals surface area (Å²) in [5, 5.41) is 10.2. The number of hydrogen-bond donors (Lipinski definition) is 1. The number of anilines is 1. The van der Waals surface area contributed by atoms with Gasteiger partial charge in [0, 0.05) is 18.7 Å². The smallest absolute Gasteiger partial charge is 0.0702 e. The molecule has 0 aliphatic carbocycles. The normalized spacial score (nSPS) is 16.5. The molecule has 0 aromatic heterocycles. The zero-order chi connectivity index (χ0) is 14.0. The van der Waals surface area contributed by atoms with E-state index < -0.39 is 0 Å². The summed E-state index contributed by atoms with van der Waals surface area (Å²) in [4.78, 5) is 2.25. The Morgan fingerprint density at radius 1 is 1.32 bits per heavy atom. The minimum atomic E-state index is 0.0300. The zero-order valence-corrected chi connectivity index (χ0v) is 12.7. The molecule has 0 atom stereocenters. The SMILES string of the molecule is CC(C)(C)C1=CCN(c2c(Cl)cccc2CO)CC1. The standard InChI is InChI=1S/C16H22ClNO/c1-16(2,3)13-7-9-18(10-8-13)15-12(11-19)5-4-6-14(15)17/h4-7,19H,8-11H2,1-3H3. The van der Waals surface area contributed by atoms with E-state index in [-0.39, 0.29) is 12.0 Å². The molecule has 0 amide bonds. The van der Waals surface area contributed by atoms with Crippen molar-refractivity contribution >= 4 is 17.3 Å². The summed E-state index contributed by atoms with van der Waals surface area (Å²) in [6.07, 6.45) is 3.35. The van der Waals surface area contributed by atoms with Crippen LogP contribution in [-0.4, -0.2) is 18.2 Å². The lowest BCUT2D eigenvalue weighted by Crippen LogP contribution is -2.32. The van der Waals surface area contributed by atoms with E-state index in [1.54, 1.807) is 0 Å². The van der Waals surface area contributed by atoms with Crippen LogP contribution in [0.25, 0.3) is 0 Å². The maximum atomic E-state index is 9.45. The Morgan fingerprint density at radius 3 is 2.58 bits per heavy atom. The fourth-order valence-electron chi connectivity index (χ4n) is 2.60. The highest BCUT2D eigenvalue weighted by Crippen LogP contribution is 2.35. The number of hydrogen-bond acceptors (Lipinski definition) is 2. The second kappa shape index (κ2) is 5.56. The molecule has 0 saturated heterocycles. The number of rotatable bonds is 2. The van der Waals surface area contributed by atoms with Gasteiger partial charge in [-0.3, -0.25) is 0 Å². The summed E-state index contributed by atoms with van der Waals surface area (Å²) in [6.45, 7) is 8.61. The van der Waals surface area contributed by atoms with Gasteiger partial charge >= 0.3 is 0 Å². The molecule has 2 rings (SSSR count). The molecular weight excluding hydrogens is 258 g/mol. The number of para-hydroxylation sites is 1. The molecule has 1 aromatic rings. The summed E-state index contributed by atoms with van der Waals surface area (Å²) in [6, 6.07) is 5.71. The maximum Gasteiger partial charge on any atom is 0.0702 e. The van der Waals surface area contributed by atoms with Crippen LogP contribution in [0.4, 0.5) is 5.69 Å².